The molecule has 96 valence electrons. The number of likely N-dealkylation sites (N-methyl/N-ethyl adjacent to an activating group) is 2. The molecule has 0 saturated carbocycles. The Hall–Kier alpha value is -0.610. The van der Waals surface area contributed by atoms with Crippen molar-refractivity contribution < 1.29 is 9.90 Å². The molecule has 0 atom stereocenters. The summed E-state index contributed by atoms with van der Waals surface area (Å²) in [6.45, 7) is 6.40. The van der Waals surface area contributed by atoms with Gasteiger partial charge in [0, 0.05) is 19.6 Å². The van der Waals surface area contributed by atoms with Crippen LogP contribution < -0.4 is 0 Å². The normalized spacial score (nSPS) is 12.4. The fraction of sp³-hybridized carbons (Fsp3) is 0.917. The molecule has 16 heavy (non-hydrogen) atoms. The highest BCUT2D eigenvalue weighted by Gasteiger charge is 2.35. The summed E-state index contributed by atoms with van der Waals surface area (Å²) in [7, 11) is 6.04. The number of carboxylic acids is 1. The summed E-state index contributed by atoms with van der Waals surface area (Å²) >= 11 is 0. The zero-order valence-electron chi connectivity index (χ0n) is 11.3. The highest BCUT2D eigenvalue weighted by molar-refractivity contribution is 5.74. The zero-order chi connectivity index (χ0) is 12.8. The molecular weight excluding hydrogens is 204 g/mol. The number of carbonyl (C=O) groups is 1. The van der Waals surface area contributed by atoms with Crippen LogP contribution in [0.3, 0.4) is 0 Å². The maximum absolute atomic E-state index is 11.3. The molecule has 0 aliphatic carbocycles. The second-order valence-electron chi connectivity index (χ2n) is 4.83. The number of rotatable bonds is 8. The Kier molecular flexibility index (Phi) is 6.60. The van der Waals surface area contributed by atoms with Crippen LogP contribution in [0.15, 0.2) is 0 Å². The van der Waals surface area contributed by atoms with Crippen molar-refractivity contribution in [3.63, 3.8) is 0 Å². The average molecular weight is 230 g/mol. The third-order valence-electron chi connectivity index (χ3n) is 3.31. The molecule has 0 fully saturated rings. The van der Waals surface area contributed by atoms with Crippen LogP contribution in [0.25, 0.3) is 0 Å². The van der Waals surface area contributed by atoms with Crippen LogP contribution in [0.5, 0.6) is 0 Å². The fourth-order valence-electron chi connectivity index (χ4n) is 1.81. The van der Waals surface area contributed by atoms with E-state index in [-0.39, 0.29) is 0 Å². The molecule has 0 heterocycles. The van der Waals surface area contributed by atoms with Crippen molar-refractivity contribution in [2.45, 2.75) is 26.7 Å². The predicted molar refractivity (Wildman–Crippen MR) is 66.7 cm³/mol. The highest BCUT2D eigenvalue weighted by atomic mass is 16.4. The minimum Gasteiger partial charge on any atom is -0.481 e. The van der Waals surface area contributed by atoms with Crippen molar-refractivity contribution in [3.05, 3.63) is 0 Å². The third kappa shape index (κ3) is 4.49. The maximum Gasteiger partial charge on any atom is 0.310 e. The molecule has 1 N–H and O–H groups in total. The first-order valence-corrected chi connectivity index (χ1v) is 5.94. The average Bonchev–Trinajstić information content (AvgIpc) is 2.22. The van der Waals surface area contributed by atoms with Gasteiger partial charge in [-0.1, -0.05) is 13.8 Å². The first-order valence-electron chi connectivity index (χ1n) is 5.94. The quantitative estimate of drug-likeness (QED) is 0.684. The molecule has 4 heteroatoms. The summed E-state index contributed by atoms with van der Waals surface area (Å²) in [5, 5.41) is 9.31. The molecule has 0 aromatic carbocycles. The minimum atomic E-state index is -0.672. The van der Waals surface area contributed by atoms with Crippen molar-refractivity contribution in [3.8, 4) is 0 Å². The monoisotopic (exact) mass is 230 g/mol. The summed E-state index contributed by atoms with van der Waals surface area (Å²) < 4.78 is 0. The molecule has 0 radical (unpaired) electrons. The van der Waals surface area contributed by atoms with E-state index in [1.165, 1.54) is 0 Å². The van der Waals surface area contributed by atoms with Gasteiger partial charge < -0.3 is 14.9 Å². The largest absolute Gasteiger partial charge is 0.481 e. The van der Waals surface area contributed by atoms with Crippen LogP contribution in [0.4, 0.5) is 0 Å². The van der Waals surface area contributed by atoms with E-state index < -0.39 is 11.4 Å². The van der Waals surface area contributed by atoms with Crippen molar-refractivity contribution >= 4 is 5.97 Å². The second-order valence-corrected chi connectivity index (χ2v) is 4.83. The molecule has 0 spiro atoms. The number of hydrogen-bond acceptors (Lipinski definition) is 3. The second kappa shape index (κ2) is 6.86. The lowest BCUT2D eigenvalue weighted by atomic mass is 9.82. The Labute approximate surface area is 99.2 Å². The van der Waals surface area contributed by atoms with E-state index in [1.807, 2.05) is 35.0 Å². The van der Waals surface area contributed by atoms with Crippen LogP contribution in [-0.4, -0.2) is 61.7 Å². The lowest BCUT2D eigenvalue weighted by Crippen LogP contribution is -2.42. The summed E-state index contributed by atoms with van der Waals surface area (Å²) in [5.41, 5.74) is -0.582. The summed E-state index contributed by atoms with van der Waals surface area (Å²) in [4.78, 5) is 15.5. The van der Waals surface area contributed by atoms with Gasteiger partial charge in [0.25, 0.3) is 0 Å². The van der Waals surface area contributed by atoms with Gasteiger partial charge in [0.15, 0.2) is 0 Å². The lowest BCUT2D eigenvalue weighted by molar-refractivity contribution is -0.150. The molecule has 0 unspecified atom stereocenters. The Morgan fingerprint density at radius 3 is 1.94 bits per heavy atom. The minimum absolute atomic E-state index is 0.582. The van der Waals surface area contributed by atoms with Crippen LogP contribution in [0.2, 0.25) is 0 Å². The maximum atomic E-state index is 11.3. The van der Waals surface area contributed by atoms with Crippen LogP contribution in [0.1, 0.15) is 26.7 Å². The van der Waals surface area contributed by atoms with Crippen molar-refractivity contribution in [1.82, 2.24) is 9.80 Å². The van der Waals surface area contributed by atoms with Gasteiger partial charge in [-0.2, -0.15) is 0 Å². The number of aliphatic carboxylic acids is 1. The molecule has 0 aromatic heterocycles. The van der Waals surface area contributed by atoms with Gasteiger partial charge in [-0.05, 0) is 34.0 Å². The Morgan fingerprint density at radius 1 is 1.12 bits per heavy atom. The summed E-state index contributed by atoms with van der Waals surface area (Å²) in [6, 6.07) is 0. The molecule has 0 aromatic rings. The van der Waals surface area contributed by atoms with E-state index in [4.69, 9.17) is 0 Å². The molecule has 0 rings (SSSR count). The lowest BCUT2D eigenvalue weighted by Gasteiger charge is -2.32. The molecule has 0 aliphatic heterocycles. The Bertz CT molecular complexity index is 213. The molecular formula is C12H26N2O2. The Balaban J connectivity index is 4.34. The number of nitrogens with zero attached hydrogens (tertiary/aromatic N) is 2. The first-order chi connectivity index (χ1) is 7.38. The fourth-order valence-corrected chi connectivity index (χ4v) is 1.81. The van der Waals surface area contributed by atoms with E-state index in [9.17, 15) is 9.90 Å². The van der Waals surface area contributed by atoms with E-state index in [0.717, 1.165) is 13.1 Å². The van der Waals surface area contributed by atoms with Gasteiger partial charge in [-0.25, -0.2) is 0 Å². The van der Waals surface area contributed by atoms with Gasteiger partial charge in [0.2, 0.25) is 0 Å². The first kappa shape index (κ1) is 15.4. The van der Waals surface area contributed by atoms with Crippen LogP contribution in [0, 0.1) is 5.41 Å². The van der Waals surface area contributed by atoms with Gasteiger partial charge >= 0.3 is 5.97 Å². The summed E-state index contributed by atoms with van der Waals surface area (Å²) in [6.07, 6.45) is 1.37. The van der Waals surface area contributed by atoms with Gasteiger partial charge in [-0.15, -0.1) is 0 Å². The van der Waals surface area contributed by atoms with Gasteiger partial charge in [0.05, 0.1) is 5.41 Å². The van der Waals surface area contributed by atoms with E-state index in [2.05, 4.69) is 9.80 Å². The molecule has 0 bridgehead atoms. The van der Waals surface area contributed by atoms with Gasteiger partial charge in [-0.3, -0.25) is 4.79 Å². The van der Waals surface area contributed by atoms with E-state index >= 15 is 0 Å². The highest BCUT2D eigenvalue weighted by Crippen LogP contribution is 2.27. The topological polar surface area (TPSA) is 43.8 Å². The SMILES string of the molecule is CCC(CC)(CN(C)CCN(C)C)C(=O)O. The number of hydrogen-bond donors (Lipinski definition) is 1. The smallest absolute Gasteiger partial charge is 0.310 e. The van der Waals surface area contributed by atoms with Crippen LogP contribution >= 0.6 is 0 Å². The molecule has 4 nitrogen and oxygen atoms in total. The Morgan fingerprint density at radius 2 is 1.62 bits per heavy atom. The van der Waals surface area contributed by atoms with E-state index in [1.54, 1.807) is 0 Å². The number of carboxylic acid groups (broad SMARTS) is 1. The predicted octanol–water partition coefficient (Wildman–Crippen LogP) is 1.37. The third-order valence-corrected chi connectivity index (χ3v) is 3.31. The standard InChI is InChI=1S/C12H26N2O2/c1-6-12(7-2,11(15)16)10-14(5)9-8-13(3)4/h6-10H2,1-5H3,(H,15,16). The van der Waals surface area contributed by atoms with E-state index in [0.29, 0.717) is 19.4 Å². The van der Waals surface area contributed by atoms with Crippen molar-refractivity contribution in [1.29, 1.82) is 0 Å². The van der Waals surface area contributed by atoms with Gasteiger partial charge in [0.1, 0.15) is 0 Å². The van der Waals surface area contributed by atoms with Crippen LogP contribution in [-0.2, 0) is 4.79 Å². The molecule has 0 amide bonds. The zero-order valence-corrected chi connectivity index (χ0v) is 11.3. The molecule has 0 saturated heterocycles. The summed E-state index contributed by atoms with van der Waals surface area (Å²) in [5.74, 6) is -0.672. The molecule has 0 aliphatic rings. The van der Waals surface area contributed by atoms with Crippen molar-refractivity contribution in [2.75, 3.05) is 40.8 Å². The van der Waals surface area contributed by atoms with Crippen molar-refractivity contribution in [2.24, 2.45) is 5.41 Å².